The first-order valence-electron chi connectivity index (χ1n) is 6.49. The third-order valence-corrected chi connectivity index (χ3v) is 3.31. The summed E-state index contributed by atoms with van der Waals surface area (Å²) in [7, 11) is 0. The van der Waals surface area contributed by atoms with Crippen LogP contribution < -0.4 is 5.32 Å². The molecular weight excluding hydrogens is 212 g/mol. The molecule has 0 aromatic carbocycles. The summed E-state index contributed by atoms with van der Waals surface area (Å²) in [4.78, 5) is 11.0. The second-order valence-electron chi connectivity index (χ2n) is 4.98. The lowest BCUT2D eigenvalue weighted by molar-refractivity contribution is 0.189. The predicted octanol–water partition coefficient (Wildman–Crippen LogP) is 1.44. The summed E-state index contributed by atoms with van der Waals surface area (Å²) in [6, 6.07) is 3.03. The molecule has 1 aliphatic heterocycles. The van der Waals surface area contributed by atoms with E-state index in [-0.39, 0.29) is 0 Å². The summed E-state index contributed by atoms with van der Waals surface area (Å²) in [6.45, 7) is 7.57. The van der Waals surface area contributed by atoms with Gasteiger partial charge in [-0.1, -0.05) is 0 Å². The van der Waals surface area contributed by atoms with E-state index in [0.717, 1.165) is 18.9 Å². The molecule has 1 fully saturated rings. The molecule has 1 N–H and O–H groups in total. The summed E-state index contributed by atoms with van der Waals surface area (Å²) in [5.41, 5.74) is 0. The van der Waals surface area contributed by atoms with Crippen LogP contribution >= 0.6 is 0 Å². The molecule has 1 aliphatic rings. The van der Waals surface area contributed by atoms with Crippen molar-refractivity contribution < 1.29 is 0 Å². The molecule has 0 saturated carbocycles. The van der Waals surface area contributed by atoms with Gasteiger partial charge in [-0.2, -0.15) is 0 Å². The number of nitrogens with zero attached hydrogens (tertiary/aromatic N) is 3. The summed E-state index contributed by atoms with van der Waals surface area (Å²) >= 11 is 0. The molecular formula is C13H22N4. The van der Waals surface area contributed by atoms with E-state index in [1.54, 1.807) is 0 Å². The molecule has 4 heteroatoms. The topological polar surface area (TPSA) is 41.1 Å². The highest BCUT2D eigenvalue weighted by atomic mass is 15.2. The maximum Gasteiger partial charge on any atom is 0.142 e. The van der Waals surface area contributed by atoms with Crippen LogP contribution in [-0.2, 0) is 6.54 Å². The minimum atomic E-state index is 0.529. The molecule has 1 aromatic rings. The van der Waals surface area contributed by atoms with Crippen molar-refractivity contribution in [2.75, 3.05) is 13.1 Å². The van der Waals surface area contributed by atoms with Crippen molar-refractivity contribution in [3.8, 4) is 0 Å². The second kappa shape index (κ2) is 6.07. The zero-order valence-electron chi connectivity index (χ0n) is 10.8. The number of rotatable bonds is 5. The Kier molecular flexibility index (Phi) is 4.45. The summed E-state index contributed by atoms with van der Waals surface area (Å²) in [5, 5.41) is 3.55. The Bertz CT molecular complexity index is 319. The molecule has 94 valence electrons. The van der Waals surface area contributed by atoms with Crippen molar-refractivity contribution in [1.82, 2.24) is 20.2 Å². The highest BCUT2D eigenvalue weighted by Gasteiger charge is 2.20. The Morgan fingerprint density at radius 1 is 1.41 bits per heavy atom. The highest BCUT2D eigenvalue weighted by molar-refractivity contribution is 4.90. The molecule has 17 heavy (non-hydrogen) atoms. The predicted molar refractivity (Wildman–Crippen MR) is 68.6 cm³/mol. The molecule has 0 amide bonds. The van der Waals surface area contributed by atoms with Crippen molar-refractivity contribution in [2.45, 2.75) is 45.3 Å². The first-order valence-corrected chi connectivity index (χ1v) is 6.49. The van der Waals surface area contributed by atoms with Crippen LogP contribution in [-0.4, -0.2) is 40.0 Å². The van der Waals surface area contributed by atoms with E-state index in [1.807, 2.05) is 18.5 Å². The van der Waals surface area contributed by atoms with Crippen LogP contribution in [0, 0.1) is 0 Å². The van der Waals surface area contributed by atoms with Crippen LogP contribution in [0.5, 0.6) is 0 Å². The van der Waals surface area contributed by atoms with Crippen molar-refractivity contribution in [3.05, 3.63) is 24.3 Å². The maximum absolute atomic E-state index is 4.30. The van der Waals surface area contributed by atoms with E-state index in [1.165, 1.54) is 19.4 Å². The number of hydrogen-bond donors (Lipinski definition) is 1. The van der Waals surface area contributed by atoms with Crippen LogP contribution in [0.2, 0.25) is 0 Å². The van der Waals surface area contributed by atoms with E-state index >= 15 is 0 Å². The molecule has 1 saturated heterocycles. The van der Waals surface area contributed by atoms with Gasteiger partial charge in [-0.05, 0) is 39.3 Å². The molecule has 2 heterocycles. The monoisotopic (exact) mass is 234 g/mol. The van der Waals surface area contributed by atoms with Gasteiger partial charge in [0.1, 0.15) is 5.82 Å². The lowest BCUT2D eigenvalue weighted by Gasteiger charge is -2.28. The highest BCUT2D eigenvalue weighted by Crippen LogP contribution is 2.11. The SMILES string of the molecule is CC(C)N(Cc1ncccn1)CC1CCCN1. The Hall–Kier alpha value is -1.00. The van der Waals surface area contributed by atoms with Crippen molar-refractivity contribution in [2.24, 2.45) is 0 Å². The summed E-state index contributed by atoms with van der Waals surface area (Å²) in [6.07, 6.45) is 6.22. The lowest BCUT2D eigenvalue weighted by Crippen LogP contribution is -2.41. The molecule has 0 bridgehead atoms. The number of nitrogens with one attached hydrogen (secondary N) is 1. The van der Waals surface area contributed by atoms with Gasteiger partial charge in [0.2, 0.25) is 0 Å². The Balaban J connectivity index is 1.92. The van der Waals surface area contributed by atoms with Crippen molar-refractivity contribution in [3.63, 3.8) is 0 Å². The second-order valence-corrected chi connectivity index (χ2v) is 4.98. The lowest BCUT2D eigenvalue weighted by atomic mass is 10.2. The third kappa shape index (κ3) is 3.75. The van der Waals surface area contributed by atoms with E-state index in [0.29, 0.717) is 12.1 Å². The zero-order chi connectivity index (χ0) is 12.1. The van der Waals surface area contributed by atoms with Gasteiger partial charge in [0.05, 0.1) is 6.54 Å². The van der Waals surface area contributed by atoms with Gasteiger partial charge in [-0.25, -0.2) is 9.97 Å². The van der Waals surface area contributed by atoms with Gasteiger partial charge in [0, 0.05) is 31.0 Å². The fraction of sp³-hybridized carbons (Fsp3) is 0.692. The first kappa shape index (κ1) is 12.5. The molecule has 2 rings (SSSR count). The molecule has 4 nitrogen and oxygen atoms in total. The molecule has 0 aliphatic carbocycles. The zero-order valence-corrected chi connectivity index (χ0v) is 10.8. The van der Waals surface area contributed by atoms with Gasteiger partial charge < -0.3 is 5.32 Å². The first-order chi connectivity index (χ1) is 8.25. The molecule has 1 unspecified atom stereocenters. The molecule has 0 radical (unpaired) electrons. The minimum Gasteiger partial charge on any atom is -0.313 e. The van der Waals surface area contributed by atoms with Gasteiger partial charge >= 0.3 is 0 Å². The summed E-state index contributed by atoms with van der Waals surface area (Å²) < 4.78 is 0. The van der Waals surface area contributed by atoms with E-state index in [9.17, 15) is 0 Å². The largest absolute Gasteiger partial charge is 0.313 e. The molecule has 1 atom stereocenters. The van der Waals surface area contributed by atoms with Crippen LogP contribution in [0.1, 0.15) is 32.5 Å². The average Bonchev–Trinajstić information content (AvgIpc) is 2.82. The standard InChI is InChI=1S/C13H22N4/c1-11(2)17(9-12-5-3-6-14-12)10-13-15-7-4-8-16-13/h4,7-8,11-12,14H,3,5-6,9-10H2,1-2H3. The van der Waals surface area contributed by atoms with Crippen LogP contribution in [0.3, 0.4) is 0 Å². The quantitative estimate of drug-likeness (QED) is 0.837. The van der Waals surface area contributed by atoms with Crippen LogP contribution in [0.25, 0.3) is 0 Å². The van der Waals surface area contributed by atoms with Gasteiger partial charge in [0.15, 0.2) is 0 Å². The van der Waals surface area contributed by atoms with Gasteiger partial charge in [-0.3, -0.25) is 4.90 Å². The number of hydrogen-bond acceptors (Lipinski definition) is 4. The molecule has 1 aromatic heterocycles. The Labute approximate surface area is 103 Å². The fourth-order valence-corrected chi connectivity index (χ4v) is 2.25. The van der Waals surface area contributed by atoms with Gasteiger partial charge in [0.25, 0.3) is 0 Å². The van der Waals surface area contributed by atoms with E-state index in [4.69, 9.17) is 0 Å². The fourth-order valence-electron chi connectivity index (χ4n) is 2.25. The minimum absolute atomic E-state index is 0.529. The normalized spacial score (nSPS) is 20.4. The Morgan fingerprint density at radius 3 is 2.76 bits per heavy atom. The van der Waals surface area contributed by atoms with E-state index < -0.39 is 0 Å². The Morgan fingerprint density at radius 2 is 2.18 bits per heavy atom. The third-order valence-electron chi connectivity index (χ3n) is 3.31. The van der Waals surface area contributed by atoms with Crippen LogP contribution in [0.4, 0.5) is 0 Å². The van der Waals surface area contributed by atoms with Crippen molar-refractivity contribution >= 4 is 0 Å². The summed E-state index contributed by atoms with van der Waals surface area (Å²) in [5.74, 6) is 0.916. The maximum atomic E-state index is 4.30. The number of aromatic nitrogens is 2. The van der Waals surface area contributed by atoms with Gasteiger partial charge in [-0.15, -0.1) is 0 Å². The molecule has 0 spiro atoms. The van der Waals surface area contributed by atoms with Crippen LogP contribution in [0.15, 0.2) is 18.5 Å². The van der Waals surface area contributed by atoms with Crippen molar-refractivity contribution in [1.29, 1.82) is 0 Å². The van der Waals surface area contributed by atoms with E-state index in [2.05, 4.69) is 34.0 Å². The smallest absolute Gasteiger partial charge is 0.142 e. The average molecular weight is 234 g/mol.